The first kappa shape index (κ1) is 19.0. The van der Waals surface area contributed by atoms with E-state index in [9.17, 15) is 14.4 Å². The molecule has 2 amide bonds. The predicted octanol–water partition coefficient (Wildman–Crippen LogP) is 1.17. The number of carboxylic acid groups (broad SMARTS) is 1. The summed E-state index contributed by atoms with van der Waals surface area (Å²) in [7, 11) is 0. The second-order valence-corrected chi connectivity index (χ2v) is 6.86. The number of hydrogen-bond acceptors (Lipinski definition) is 4. The van der Waals surface area contributed by atoms with E-state index in [0.29, 0.717) is 0 Å². The van der Waals surface area contributed by atoms with Crippen LogP contribution in [-0.2, 0) is 16.1 Å². The number of carbonyl (C=O) groups is 3. The average Bonchev–Trinajstić information content (AvgIpc) is 3.01. The normalized spacial score (nSPS) is 16.4. The van der Waals surface area contributed by atoms with Gasteiger partial charge in [-0.25, -0.2) is 4.79 Å². The highest BCUT2D eigenvalue weighted by atomic mass is 16.4. The summed E-state index contributed by atoms with van der Waals surface area (Å²) in [4.78, 5) is 35.4. The Balaban J connectivity index is 1.89. The number of aliphatic carboxylic acids is 1. The van der Waals surface area contributed by atoms with Crippen molar-refractivity contribution in [3.63, 3.8) is 0 Å². The zero-order valence-electron chi connectivity index (χ0n) is 14.7. The Hall–Kier alpha value is -2.38. The molecular formula is C17H26N4O4. The van der Waals surface area contributed by atoms with Crippen molar-refractivity contribution in [2.75, 3.05) is 0 Å². The Morgan fingerprint density at radius 2 is 1.96 bits per heavy atom. The third kappa shape index (κ3) is 5.58. The lowest BCUT2D eigenvalue weighted by Gasteiger charge is -2.22. The molecule has 1 aliphatic rings. The van der Waals surface area contributed by atoms with E-state index in [1.165, 1.54) is 23.5 Å². The highest BCUT2D eigenvalue weighted by molar-refractivity contribution is 5.96. The van der Waals surface area contributed by atoms with Crippen LogP contribution >= 0.6 is 0 Å². The SMILES string of the molecule is CC(C)[C@@H](NC(=O)c1cnn(CC(=O)NC2CCCCC2)c1)C(=O)O. The summed E-state index contributed by atoms with van der Waals surface area (Å²) in [6.07, 6.45) is 8.29. The van der Waals surface area contributed by atoms with Crippen LogP contribution in [-0.4, -0.2) is 44.8 Å². The fourth-order valence-corrected chi connectivity index (χ4v) is 2.97. The zero-order valence-corrected chi connectivity index (χ0v) is 14.7. The van der Waals surface area contributed by atoms with E-state index >= 15 is 0 Å². The van der Waals surface area contributed by atoms with Crippen molar-refractivity contribution in [1.82, 2.24) is 20.4 Å². The topological polar surface area (TPSA) is 113 Å². The van der Waals surface area contributed by atoms with Gasteiger partial charge in [-0.05, 0) is 18.8 Å². The molecule has 138 valence electrons. The van der Waals surface area contributed by atoms with Crippen molar-refractivity contribution >= 4 is 17.8 Å². The van der Waals surface area contributed by atoms with Gasteiger partial charge in [0.15, 0.2) is 0 Å². The molecule has 1 fully saturated rings. The fourth-order valence-electron chi connectivity index (χ4n) is 2.97. The summed E-state index contributed by atoms with van der Waals surface area (Å²) in [5, 5.41) is 18.6. The molecular weight excluding hydrogens is 324 g/mol. The Kier molecular flexibility index (Phi) is 6.55. The van der Waals surface area contributed by atoms with Gasteiger partial charge in [-0.1, -0.05) is 33.1 Å². The molecule has 1 heterocycles. The number of carboxylic acids is 1. The van der Waals surface area contributed by atoms with E-state index in [-0.39, 0.29) is 30.0 Å². The molecule has 0 bridgehead atoms. The van der Waals surface area contributed by atoms with E-state index < -0.39 is 17.9 Å². The van der Waals surface area contributed by atoms with Gasteiger partial charge in [0.2, 0.25) is 5.91 Å². The van der Waals surface area contributed by atoms with Gasteiger partial charge < -0.3 is 15.7 Å². The van der Waals surface area contributed by atoms with Gasteiger partial charge >= 0.3 is 5.97 Å². The van der Waals surface area contributed by atoms with Crippen LogP contribution in [0.2, 0.25) is 0 Å². The maximum absolute atomic E-state index is 12.2. The van der Waals surface area contributed by atoms with Gasteiger partial charge in [-0.3, -0.25) is 14.3 Å². The minimum absolute atomic E-state index is 0.0380. The largest absolute Gasteiger partial charge is 0.480 e. The number of aromatic nitrogens is 2. The molecule has 0 aromatic carbocycles. The number of amides is 2. The lowest BCUT2D eigenvalue weighted by Crippen LogP contribution is -2.44. The molecule has 1 atom stereocenters. The molecule has 1 aliphatic carbocycles. The van der Waals surface area contributed by atoms with Crippen LogP contribution in [0.15, 0.2) is 12.4 Å². The number of nitrogens with one attached hydrogen (secondary N) is 2. The summed E-state index contributed by atoms with van der Waals surface area (Å²) in [6, 6.07) is -0.743. The molecule has 8 nitrogen and oxygen atoms in total. The summed E-state index contributed by atoms with van der Waals surface area (Å²) in [5.74, 6) is -1.96. The number of carbonyl (C=O) groups excluding carboxylic acids is 2. The lowest BCUT2D eigenvalue weighted by atomic mass is 9.95. The molecule has 1 aromatic heterocycles. The first-order chi connectivity index (χ1) is 11.9. The van der Waals surface area contributed by atoms with Gasteiger partial charge in [0.1, 0.15) is 12.6 Å². The third-order valence-electron chi connectivity index (χ3n) is 4.39. The monoisotopic (exact) mass is 350 g/mol. The second-order valence-electron chi connectivity index (χ2n) is 6.86. The van der Waals surface area contributed by atoms with Gasteiger partial charge in [-0.2, -0.15) is 5.10 Å². The summed E-state index contributed by atoms with van der Waals surface area (Å²) in [5.41, 5.74) is 0.234. The van der Waals surface area contributed by atoms with Crippen LogP contribution in [0, 0.1) is 5.92 Å². The molecule has 0 spiro atoms. The van der Waals surface area contributed by atoms with Crippen LogP contribution in [0.25, 0.3) is 0 Å². The van der Waals surface area contributed by atoms with Crippen molar-refractivity contribution < 1.29 is 19.5 Å². The number of nitrogens with zero attached hydrogens (tertiary/aromatic N) is 2. The molecule has 0 aliphatic heterocycles. The molecule has 3 N–H and O–H groups in total. The van der Waals surface area contributed by atoms with Gasteiger partial charge in [-0.15, -0.1) is 0 Å². The Morgan fingerprint density at radius 1 is 1.28 bits per heavy atom. The highest BCUT2D eigenvalue weighted by Crippen LogP contribution is 2.17. The third-order valence-corrected chi connectivity index (χ3v) is 4.39. The standard InChI is InChI=1S/C17H26N4O4/c1-11(2)15(17(24)25)20-16(23)12-8-18-21(9-12)10-14(22)19-13-6-4-3-5-7-13/h8-9,11,13,15H,3-7,10H2,1-2H3,(H,19,22)(H,20,23)(H,24,25)/t15-/m1/s1. The maximum atomic E-state index is 12.2. The van der Waals surface area contributed by atoms with Crippen molar-refractivity contribution in [3.8, 4) is 0 Å². The minimum Gasteiger partial charge on any atom is -0.480 e. The summed E-state index contributed by atoms with van der Waals surface area (Å²) < 4.78 is 1.39. The van der Waals surface area contributed by atoms with Crippen LogP contribution in [0.4, 0.5) is 0 Å². The summed E-state index contributed by atoms with van der Waals surface area (Å²) in [6.45, 7) is 3.48. The van der Waals surface area contributed by atoms with Crippen molar-refractivity contribution in [2.45, 2.75) is 64.6 Å². The molecule has 8 heteroatoms. The molecule has 2 rings (SSSR count). The van der Waals surface area contributed by atoms with Crippen molar-refractivity contribution in [2.24, 2.45) is 5.92 Å². The highest BCUT2D eigenvalue weighted by Gasteiger charge is 2.24. The number of rotatable bonds is 7. The molecule has 1 saturated carbocycles. The van der Waals surface area contributed by atoms with E-state index in [1.54, 1.807) is 13.8 Å². The average molecular weight is 350 g/mol. The smallest absolute Gasteiger partial charge is 0.326 e. The van der Waals surface area contributed by atoms with Crippen LogP contribution < -0.4 is 10.6 Å². The Labute approximate surface area is 147 Å². The number of hydrogen-bond donors (Lipinski definition) is 3. The van der Waals surface area contributed by atoms with Gasteiger partial charge in [0.25, 0.3) is 5.91 Å². The quantitative estimate of drug-likeness (QED) is 0.683. The van der Waals surface area contributed by atoms with Crippen molar-refractivity contribution in [1.29, 1.82) is 0 Å². The molecule has 0 unspecified atom stereocenters. The fraction of sp³-hybridized carbons (Fsp3) is 0.647. The van der Waals surface area contributed by atoms with E-state index in [2.05, 4.69) is 15.7 Å². The molecule has 0 radical (unpaired) electrons. The minimum atomic E-state index is -1.08. The second kappa shape index (κ2) is 8.64. The predicted molar refractivity (Wildman–Crippen MR) is 91.0 cm³/mol. The van der Waals surface area contributed by atoms with E-state index in [1.807, 2.05) is 0 Å². The first-order valence-electron chi connectivity index (χ1n) is 8.72. The van der Waals surface area contributed by atoms with Crippen LogP contribution in [0.1, 0.15) is 56.3 Å². The summed E-state index contributed by atoms with van der Waals surface area (Å²) >= 11 is 0. The molecule has 1 aromatic rings. The lowest BCUT2D eigenvalue weighted by molar-refractivity contribution is -0.140. The van der Waals surface area contributed by atoms with Gasteiger partial charge in [0, 0.05) is 12.2 Å². The Bertz CT molecular complexity index is 620. The van der Waals surface area contributed by atoms with E-state index in [4.69, 9.17) is 5.11 Å². The maximum Gasteiger partial charge on any atom is 0.326 e. The van der Waals surface area contributed by atoms with Gasteiger partial charge in [0.05, 0.1) is 11.8 Å². The molecule has 0 saturated heterocycles. The first-order valence-corrected chi connectivity index (χ1v) is 8.72. The zero-order chi connectivity index (χ0) is 18.4. The van der Waals surface area contributed by atoms with Crippen LogP contribution in [0.5, 0.6) is 0 Å². The van der Waals surface area contributed by atoms with E-state index in [0.717, 1.165) is 25.7 Å². The Morgan fingerprint density at radius 3 is 2.56 bits per heavy atom. The molecule has 25 heavy (non-hydrogen) atoms. The van der Waals surface area contributed by atoms with Crippen molar-refractivity contribution in [3.05, 3.63) is 18.0 Å². The van der Waals surface area contributed by atoms with Crippen LogP contribution in [0.3, 0.4) is 0 Å².